The third-order valence-corrected chi connectivity index (χ3v) is 4.58. The van der Waals surface area contributed by atoms with E-state index in [-0.39, 0.29) is 17.6 Å². The van der Waals surface area contributed by atoms with Crippen LogP contribution in [0.4, 0.5) is 11.6 Å². The van der Waals surface area contributed by atoms with Crippen molar-refractivity contribution in [3.05, 3.63) is 46.6 Å². The molecule has 0 aromatic carbocycles. The zero-order chi connectivity index (χ0) is 20.5. The van der Waals surface area contributed by atoms with Gasteiger partial charge in [0.2, 0.25) is 0 Å². The largest absolute Gasteiger partial charge is 0.349 e. The lowest BCUT2D eigenvalue weighted by atomic mass is 10.1. The lowest BCUT2D eigenvalue weighted by Gasteiger charge is -2.27. The van der Waals surface area contributed by atoms with Gasteiger partial charge in [0.15, 0.2) is 0 Å². The molecule has 2 aromatic rings. The van der Waals surface area contributed by atoms with Gasteiger partial charge in [-0.25, -0.2) is 9.78 Å². The van der Waals surface area contributed by atoms with Gasteiger partial charge in [0.05, 0.1) is 6.04 Å². The Morgan fingerprint density at radius 2 is 2.07 bits per heavy atom. The van der Waals surface area contributed by atoms with Gasteiger partial charge in [0, 0.05) is 37.6 Å². The quantitative estimate of drug-likeness (QED) is 0.316. The fraction of sp³-hybridized carbons (Fsp3) is 0.474. The van der Waals surface area contributed by atoms with Crippen molar-refractivity contribution in [3.8, 4) is 0 Å². The zero-order valence-corrected chi connectivity index (χ0v) is 16.4. The minimum absolute atomic E-state index is 0.148. The number of amides is 1. The molecule has 2 aromatic heterocycles. The molecule has 0 bridgehead atoms. The molecule has 0 radical (unpaired) electrons. The Hall–Kier alpha value is -2.82. The number of hydrogen-bond donors (Lipinski definition) is 5. The fourth-order valence-corrected chi connectivity index (χ4v) is 2.83. The highest BCUT2D eigenvalue weighted by molar-refractivity contribution is 5.95. The molecule has 29 heavy (non-hydrogen) atoms. The van der Waals surface area contributed by atoms with E-state index in [9.17, 15) is 9.59 Å². The van der Waals surface area contributed by atoms with Crippen molar-refractivity contribution in [3.63, 3.8) is 0 Å². The number of anilines is 2. The van der Waals surface area contributed by atoms with Gasteiger partial charge in [-0.3, -0.25) is 9.36 Å². The average Bonchev–Trinajstić information content (AvgIpc) is 2.69. The number of nitrogens with two attached hydrogens (primary N) is 1. The maximum absolute atomic E-state index is 12.3. The van der Waals surface area contributed by atoms with E-state index in [1.54, 1.807) is 35.2 Å². The maximum Gasteiger partial charge on any atom is 0.349 e. The second-order valence-electron chi connectivity index (χ2n) is 6.92. The summed E-state index contributed by atoms with van der Waals surface area (Å²) >= 11 is 0. The highest BCUT2D eigenvalue weighted by atomic mass is 16.2. The van der Waals surface area contributed by atoms with E-state index in [1.807, 2.05) is 0 Å². The molecule has 156 valence electrons. The predicted molar refractivity (Wildman–Crippen MR) is 111 cm³/mol. The maximum atomic E-state index is 12.3. The number of carbonyl (C=O) groups is 1. The van der Waals surface area contributed by atoms with Crippen LogP contribution in [-0.4, -0.2) is 59.2 Å². The molecule has 10 heteroatoms. The molecular formula is C19H28N8O2. The predicted octanol–water partition coefficient (Wildman–Crippen LogP) is -0.588. The average molecular weight is 400 g/mol. The van der Waals surface area contributed by atoms with Gasteiger partial charge in [0.1, 0.15) is 11.6 Å². The molecule has 0 atom stereocenters. The number of rotatable bonds is 11. The van der Waals surface area contributed by atoms with Crippen molar-refractivity contribution in [1.82, 2.24) is 30.5 Å². The summed E-state index contributed by atoms with van der Waals surface area (Å²) in [6, 6.07) is 5.18. The van der Waals surface area contributed by atoms with Gasteiger partial charge in [0.25, 0.3) is 5.91 Å². The van der Waals surface area contributed by atoms with Crippen LogP contribution >= 0.6 is 0 Å². The van der Waals surface area contributed by atoms with Crippen molar-refractivity contribution in [2.75, 3.05) is 38.0 Å². The van der Waals surface area contributed by atoms with Crippen LogP contribution in [0.1, 0.15) is 23.2 Å². The molecule has 1 amide bonds. The van der Waals surface area contributed by atoms with E-state index >= 15 is 0 Å². The number of hydrogen-bond acceptors (Lipinski definition) is 8. The van der Waals surface area contributed by atoms with Gasteiger partial charge in [-0.15, -0.1) is 0 Å². The smallest absolute Gasteiger partial charge is 0.347 e. The highest BCUT2D eigenvalue weighted by Gasteiger charge is 2.19. The van der Waals surface area contributed by atoms with Gasteiger partial charge < -0.3 is 27.0 Å². The van der Waals surface area contributed by atoms with E-state index in [1.165, 1.54) is 0 Å². The monoisotopic (exact) mass is 400 g/mol. The summed E-state index contributed by atoms with van der Waals surface area (Å²) in [4.78, 5) is 32.7. The number of aryl methyl sites for hydroxylation is 1. The number of nitrogens with one attached hydrogen (secondary N) is 4. The van der Waals surface area contributed by atoms with Crippen LogP contribution in [-0.2, 0) is 6.54 Å². The first kappa shape index (κ1) is 20.9. The van der Waals surface area contributed by atoms with Crippen LogP contribution in [0.25, 0.3) is 0 Å². The van der Waals surface area contributed by atoms with E-state index < -0.39 is 0 Å². The van der Waals surface area contributed by atoms with Crippen LogP contribution in [0.3, 0.4) is 0 Å². The normalized spacial score (nSPS) is 13.7. The van der Waals surface area contributed by atoms with Crippen LogP contribution in [0.15, 0.2) is 35.4 Å². The van der Waals surface area contributed by atoms with E-state index in [0.717, 1.165) is 39.0 Å². The Balaban J connectivity index is 1.53. The standard InChI is InChI=1S/C19H28N8O2/c20-5-1-6-21-7-2-9-27-10-4-16(26-19(27)29)25-17-11-14(3-8-23-17)18(28)24-15-12-22-13-15/h3-4,8,10-11,15,21-22H,1-2,5-7,9,12-13,20H2,(H,24,28)(H,23,25,26,29). The van der Waals surface area contributed by atoms with Crippen molar-refractivity contribution >= 4 is 17.5 Å². The summed E-state index contributed by atoms with van der Waals surface area (Å²) in [6.45, 7) is 4.53. The molecule has 0 aliphatic carbocycles. The molecule has 0 unspecified atom stereocenters. The molecule has 10 nitrogen and oxygen atoms in total. The Morgan fingerprint density at radius 1 is 1.24 bits per heavy atom. The molecule has 0 saturated carbocycles. The van der Waals surface area contributed by atoms with Crippen LogP contribution in [0.2, 0.25) is 0 Å². The Labute approximate surface area is 169 Å². The number of carbonyl (C=O) groups excluding carboxylic acids is 1. The number of nitrogens with zero attached hydrogens (tertiary/aromatic N) is 3. The van der Waals surface area contributed by atoms with Gasteiger partial charge in [-0.1, -0.05) is 0 Å². The first-order valence-electron chi connectivity index (χ1n) is 9.88. The van der Waals surface area contributed by atoms with Gasteiger partial charge in [-0.2, -0.15) is 4.98 Å². The summed E-state index contributed by atoms with van der Waals surface area (Å²) in [5, 5.41) is 12.3. The summed E-state index contributed by atoms with van der Waals surface area (Å²) in [6.07, 6.45) is 5.03. The SMILES string of the molecule is NCCCNCCCn1ccc(Nc2cc(C(=O)NC3CNC3)ccn2)nc1=O. The molecule has 1 aliphatic heterocycles. The minimum atomic E-state index is -0.330. The molecule has 1 fully saturated rings. The van der Waals surface area contributed by atoms with Gasteiger partial charge in [-0.05, 0) is 50.7 Å². The third kappa shape index (κ3) is 6.34. The second-order valence-corrected chi connectivity index (χ2v) is 6.92. The van der Waals surface area contributed by atoms with Crippen LogP contribution in [0.5, 0.6) is 0 Å². The first-order valence-corrected chi connectivity index (χ1v) is 9.88. The zero-order valence-electron chi connectivity index (χ0n) is 16.4. The number of aromatic nitrogens is 3. The van der Waals surface area contributed by atoms with E-state index in [0.29, 0.717) is 30.3 Å². The molecular weight excluding hydrogens is 372 g/mol. The van der Waals surface area contributed by atoms with E-state index in [4.69, 9.17) is 5.73 Å². The summed E-state index contributed by atoms with van der Waals surface area (Å²) in [5.74, 6) is 0.698. The third-order valence-electron chi connectivity index (χ3n) is 4.58. The van der Waals surface area contributed by atoms with Crippen molar-refractivity contribution < 1.29 is 4.79 Å². The Morgan fingerprint density at radius 3 is 2.79 bits per heavy atom. The van der Waals surface area contributed by atoms with Crippen LogP contribution in [0, 0.1) is 0 Å². The number of pyridine rings is 1. The van der Waals surface area contributed by atoms with Crippen molar-refractivity contribution in [2.45, 2.75) is 25.4 Å². The molecule has 6 N–H and O–H groups in total. The van der Waals surface area contributed by atoms with Crippen molar-refractivity contribution in [1.29, 1.82) is 0 Å². The topological polar surface area (TPSA) is 139 Å². The second kappa shape index (κ2) is 10.6. The van der Waals surface area contributed by atoms with Gasteiger partial charge >= 0.3 is 5.69 Å². The molecule has 1 aliphatic rings. The lowest BCUT2D eigenvalue weighted by Crippen LogP contribution is -2.56. The Bertz CT molecular complexity index is 865. The lowest BCUT2D eigenvalue weighted by molar-refractivity contribution is 0.0924. The summed E-state index contributed by atoms with van der Waals surface area (Å²) in [5.41, 5.74) is 5.62. The van der Waals surface area contributed by atoms with Crippen molar-refractivity contribution in [2.24, 2.45) is 5.73 Å². The minimum Gasteiger partial charge on any atom is -0.347 e. The Kier molecular flexibility index (Phi) is 7.68. The fourth-order valence-electron chi connectivity index (χ4n) is 2.83. The molecule has 3 heterocycles. The molecule has 1 saturated heterocycles. The van der Waals surface area contributed by atoms with Crippen LogP contribution < -0.4 is 32.7 Å². The first-order chi connectivity index (χ1) is 14.2. The molecule has 0 spiro atoms. The summed E-state index contributed by atoms with van der Waals surface area (Å²) in [7, 11) is 0. The van der Waals surface area contributed by atoms with E-state index in [2.05, 4.69) is 31.2 Å². The molecule has 3 rings (SSSR count). The summed E-state index contributed by atoms with van der Waals surface area (Å²) < 4.78 is 1.57. The highest BCUT2D eigenvalue weighted by Crippen LogP contribution is 2.12.